The van der Waals surface area contributed by atoms with E-state index in [1.165, 1.54) is 11.8 Å². The van der Waals surface area contributed by atoms with Crippen LogP contribution < -0.4 is 5.32 Å². The molecule has 0 aliphatic carbocycles. The molecule has 1 aromatic rings. The molecule has 1 aromatic heterocycles. The molecule has 1 amide bonds. The fraction of sp³-hybridized carbons (Fsp3) is 0.571. The van der Waals surface area contributed by atoms with Crippen LogP contribution in [0.1, 0.15) is 23.4 Å². The number of aliphatic carboxylic acids is 1. The summed E-state index contributed by atoms with van der Waals surface area (Å²) in [6.07, 6.45) is 2.84. The van der Waals surface area contributed by atoms with Crippen molar-refractivity contribution < 1.29 is 19.4 Å². The number of hydrogen-bond donors (Lipinski definition) is 2. The lowest BCUT2D eigenvalue weighted by atomic mass is 10.1. The Morgan fingerprint density at radius 3 is 2.45 bits per heavy atom. The monoisotopic (exact) mass is 327 g/mol. The standard InChI is InChI=1S/C14H21N3O4S/c1-9-11(10(2)17-14(16-9)22-3)4-5-12(18)15-6-7-21-8-13(19)20/h4-8H2,1-3H3,(H,15,18)(H,19,20). The minimum Gasteiger partial charge on any atom is -0.480 e. The zero-order valence-electron chi connectivity index (χ0n) is 13.0. The molecular formula is C14H21N3O4S. The topological polar surface area (TPSA) is 101 Å². The summed E-state index contributed by atoms with van der Waals surface area (Å²) in [6.45, 7) is 3.96. The van der Waals surface area contributed by atoms with Crippen LogP contribution in [-0.2, 0) is 20.7 Å². The van der Waals surface area contributed by atoms with E-state index in [0.717, 1.165) is 22.1 Å². The molecule has 1 heterocycles. The molecule has 0 atom stereocenters. The van der Waals surface area contributed by atoms with Gasteiger partial charge in [-0.1, -0.05) is 11.8 Å². The highest BCUT2D eigenvalue weighted by Gasteiger charge is 2.10. The van der Waals surface area contributed by atoms with Crippen LogP contribution in [0, 0.1) is 13.8 Å². The maximum atomic E-state index is 11.7. The lowest BCUT2D eigenvalue weighted by Gasteiger charge is -2.10. The molecule has 2 N–H and O–H groups in total. The molecule has 122 valence electrons. The average Bonchev–Trinajstić information content (AvgIpc) is 2.45. The van der Waals surface area contributed by atoms with Crippen LogP contribution in [0.5, 0.6) is 0 Å². The van der Waals surface area contributed by atoms with Crippen LogP contribution in [0.2, 0.25) is 0 Å². The predicted molar refractivity (Wildman–Crippen MR) is 83.1 cm³/mol. The molecule has 0 saturated heterocycles. The van der Waals surface area contributed by atoms with E-state index in [1.54, 1.807) is 0 Å². The summed E-state index contributed by atoms with van der Waals surface area (Å²) in [5.74, 6) is -1.13. The van der Waals surface area contributed by atoms with Crippen LogP contribution in [0.15, 0.2) is 5.16 Å². The molecule has 22 heavy (non-hydrogen) atoms. The van der Waals surface area contributed by atoms with Gasteiger partial charge in [0.2, 0.25) is 5.91 Å². The number of carboxylic acid groups (broad SMARTS) is 1. The van der Waals surface area contributed by atoms with Crippen molar-refractivity contribution in [3.05, 3.63) is 17.0 Å². The Kier molecular flexibility index (Phi) is 7.83. The van der Waals surface area contributed by atoms with Crippen molar-refractivity contribution in [3.8, 4) is 0 Å². The summed E-state index contributed by atoms with van der Waals surface area (Å²) in [7, 11) is 0. The second kappa shape index (κ2) is 9.37. The number of thioether (sulfide) groups is 1. The molecule has 0 aliphatic heterocycles. The van der Waals surface area contributed by atoms with Gasteiger partial charge in [0, 0.05) is 24.4 Å². The number of carboxylic acids is 1. The highest BCUT2D eigenvalue weighted by atomic mass is 32.2. The Labute approximate surface area is 133 Å². The van der Waals surface area contributed by atoms with Crippen molar-refractivity contribution >= 4 is 23.6 Å². The third-order valence-electron chi connectivity index (χ3n) is 2.98. The number of rotatable bonds is 9. The number of nitrogens with one attached hydrogen (secondary N) is 1. The van der Waals surface area contributed by atoms with Crippen molar-refractivity contribution in [1.82, 2.24) is 15.3 Å². The second-order valence-corrected chi connectivity index (χ2v) is 5.43. The van der Waals surface area contributed by atoms with Crippen molar-refractivity contribution in [3.63, 3.8) is 0 Å². The first-order valence-electron chi connectivity index (χ1n) is 6.88. The third kappa shape index (κ3) is 6.40. The number of carbonyl (C=O) groups is 2. The van der Waals surface area contributed by atoms with E-state index in [-0.39, 0.29) is 19.1 Å². The Balaban J connectivity index is 2.37. The van der Waals surface area contributed by atoms with Crippen LogP contribution in [0.3, 0.4) is 0 Å². The van der Waals surface area contributed by atoms with Crippen LogP contribution in [-0.4, -0.2) is 53.0 Å². The van der Waals surface area contributed by atoms with Gasteiger partial charge in [-0.2, -0.15) is 0 Å². The first-order chi connectivity index (χ1) is 10.4. The maximum absolute atomic E-state index is 11.7. The largest absolute Gasteiger partial charge is 0.480 e. The highest BCUT2D eigenvalue weighted by molar-refractivity contribution is 7.98. The van der Waals surface area contributed by atoms with Crippen molar-refractivity contribution in [2.24, 2.45) is 0 Å². The molecule has 0 spiro atoms. The molecule has 0 aromatic carbocycles. The summed E-state index contributed by atoms with van der Waals surface area (Å²) >= 11 is 1.49. The van der Waals surface area contributed by atoms with Gasteiger partial charge in [0.25, 0.3) is 0 Å². The van der Waals surface area contributed by atoms with Crippen LogP contribution in [0.4, 0.5) is 0 Å². The summed E-state index contributed by atoms with van der Waals surface area (Å²) in [4.78, 5) is 30.7. The summed E-state index contributed by atoms with van der Waals surface area (Å²) in [5, 5.41) is 11.8. The molecule has 0 fully saturated rings. The average molecular weight is 327 g/mol. The van der Waals surface area contributed by atoms with Gasteiger partial charge in [-0.15, -0.1) is 0 Å². The van der Waals surface area contributed by atoms with Gasteiger partial charge in [-0.25, -0.2) is 14.8 Å². The summed E-state index contributed by atoms with van der Waals surface area (Å²) < 4.78 is 4.84. The smallest absolute Gasteiger partial charge is 0.329 e. The summed E-state index contributed by atoms with van der Waals surface area (Å²) in [6, 6.07) is 0. The summed E-state index contributed by atoms with van der Waals surface area (Å²) in [5.41, 5.74) is 2.79. The lowest BCUT2D eigenvalue weighted by molar-refractivity contribution is -0.142. The lowest BCUT2D eigenvalue weighted by Crippen LogP contribution is -2.28. The molecule has 7 nitrogen and oxygen atoms in total. The molecule has 0 bridgehead atoms. The Hall–Kier alpha value is -1.67. The van der Waals surface area contributed by atoms with Gasteiger partial charge in [-0.05, 0) is 32.1 Å². The molecular weight excluding hydrogens is 306 g/mol. The number of amides is 1. The molecule has 0 unspecified atom stereocenters. The van der Waals surface area contributed by atoms with Crippen molar-refractivity contribution in [1.29, 1.82) is 0 Å². The predicted octanol–water partition coefficient (Wildman–Crippen LogP) is 0.965. The SMILES string of the molecule is CSc1nc(C)c(CCC(=O)NCCOCC(=O)O)c(C)n1. The molecule has 8 heteroatoms. The molecule has 0 radical (unpaired) electrons. The zero-order chi connectivity index (χ0) is 16.5. The molecule has 1 rings (SSSR count). The number of ether oxygens (including phenoxy) is 1. The van der Waals surface area contributed by atoms with E-state index in [4.69, 9.17) is 9.84 Å². The second-order valence-electron chi connectivity index (χ2n) is 4.66. The molecule has 0 aliphatic rings. The first-order valence-corrected chi connectivity index (χ1v) is 8.10. The highest BCUT2D eigenvalue weighted by Crippen LogP contribution is 2.16. The van der Waals surface area contributed by atoms with E-state index < -0.39 is 5.97 Å². The number of nitrogens with zero attached hydrogens (tertiary/aromatic N) is 2. The quantitative estimate of drug-likeness (QED) is 0.396. The Morgan fingerprint density at radius 1 is 1.27 bits per heavy atom. The van der Waals surface area contributed by atoms with Crippen molar-refractivity contribution in [2.75, 3.05) is 26.0 Å². The van der Waals surface area contributed by atoms with Gasteiger partial charge in [0.05, 0.1) is 6.61 Å². The van der Waals surface area contributed by atoms with E-state index >= 15 is 0 Å². The number of aryl methyl sites for hydroxylation is 2. The van der Waals surface area contributed by atoms with Crippen LogP contribution >= 0.6 is 11.8 Å². The minimum atomic E-state index is -1.02. The van der Waals surface area contributed by atoms with E-state index in [0.29, 0.717) is 19.4 Å². The Bertz CT molecular complexity index is 514. The van der Waals surface area contributed by atoms with Gasteiger partial charge in [0.1, 0.15) is 6.61 Å². The van der Waals surface area contributed by atoms with E-state index in [2.05, 4.69) is 15.3 Å². The maximum Gasteiger partial charge on any atom is 0.329 e. The third-order valence-corrected chi connectivity index (χ3v) is 3.53. The fourth-order valence-electron chi connectivity index (χ4n) is 1.91. The molecule has 0 saturated carbocycles. The minimum absolute atomic E-state index is 0.105. The Morgan fingerprint density at radius 2 is 1.91 bits per heavy atom. The number of hydrogen-bond acceptors (Lipinski definition) is 6. The number of carbonyl (C=O) groups excluding carboxylic acids is 1. The normalized spacial score (nSPS) is 10.5. The van der Waals surface area contributed by atoms with E-state index in [1.807, 2.05) is 20.1 Å². The van der Waals surface area contributed by atoms with Gasteiger partial charge < -0.3 is 15.2 Å². The van der Waals surface area contributed by atoms with Gasteiger partial charge in [-0.3, -0.25) is 4.79 Å². The van der Waals surface area contributed by atoms with Gasteiger partial charge >= 0.3 is 5.97 Å². The van der Waals surface area contributed by atoms with Gasteiger partial charge in [0.15, 0.2) is 5.16 Å². The first kappa shape index (κ1) is 18.4. The fourth-order valence-corrected chi connectivity index (χ4v) is 2.37. The zero-order valence-corrected chi connectivity index (χ0v) is 13.8. The van der Waals surface area contributed by atoms with Crippen LogP contribution in [0.25, 0.3) is 0 Å². The van der Waals surface area contributed by atoms with Crippen molar-refractivity contribution in [2.45, 2.75) is 31.8 Å². The van der Waals surface area contributed by atoms with E-state index in [9.17, 15) is 9.59 Å². The number of aromatic nitrogens is 2.